The fourth-order valence-electron chi connectivity index (χ4n) is 2.76. The van der Waals surface area contributed by atoms with Gasteiger partial charge in [0.05, 0.1) is 11.2 Å². The molecule has 0 aromatic heterocycles. The van der Waals surface area contributed by atoms with Crippen LogP contribution in [0.15, 0.2) is 0 Å². The molecule has 0 heterocycles. The molecule has 0 aliphatic heterocycles. The van der Waals surface area contributed by atoms with E-state index in [1.807, 2.05) is 0 Å². The van der Waals surface area contributed by atoms with Gasteiger partial charge in [-0.1, -0.05) is 13.8 Å². The van der Waals surface area contributed by atoms with Gasteiger partial charge in [0.2, 0.25) is 0 Å². The minimum absolute atomic E-state index is 0.0510. The van der Waals surface area contributed by atoms with Gasteiger partial charge in [0, 0.05) is 26.4 Å². The van der Waals surface area contributed by atoms with Crippen molar-refractivity contribution in [1.29, 1.82) is 0 Å². The lowest BCUT2D eigenvalue weighted by Gasteiger charge is -2.30. The summed E-state index contributed by atoms with van der Waals surface area (Å²) < 4.78 is 12.2. The summed E-state index contributed by atoms with van der Waals surface area (Å²) in [6.07, 6.45) is 9.91. The fourth-order valence-corrected chi connectivity index (χ4v) is 2.76. The van der Waals surface area contributed by atoms with E-state index in [4.69, 9.17) is 19.7 Å². The largest absolute Gasteiger partial charge is 0.396 e. The first-order valence-corrected chi connectivity index (χ1v) is 9.95. The normalized spacial score (nSPS) is 16.8. The van der Waals surface area contributed by atoms with Gasteiger partial charge in [-0.15, -0.1) is 0 Å². The monoisotopic (exact) mass is 346 g/mol. The second kappa shape index (κ2) is 14.1. The highest BCUT2D eigenvalue weighted by atomic mass is 16.5. The Morgan fingerprint density at radius 1 is 0.625 bits per heavy atom. The molecule has 0 fully saturated rings. The number of rotatable bonds is 17. The second-order valence-electron chi connectivity index (χ2n) is 7.37. The van der Waals surface area contributed by atoms with Crippen molar-refractivity contribution in [3.63, 3.8) is 0 Å². The van der Waals surface area contributed by atoms with E-state index < -0.39 is 0 Å². The molecule has 0 rings (SSSR count). The van der Waals surface area contributed by atoms with Crippen LogP contribution in [-0.2, 0) is 9.47 Å². The third-order valence-corrected chi connectivity index (χ3v) is 5.16. The molecule has 0 spiro atoms. The molecule has 2 atom stereocenters. The van der Waals surface area contributed by atoms with Crippen molar-refractivity contribution in [2.75, 3.05) is 26.4 Å². The second-order valence-corrected chi connectivity index (χ2v) is 7.37. The van der Waals surface area contributed by atoms with Gasteiger partial charge in [-0.2, -0.15) is 0 Å². The average Bonchev–Trinajstić information content (AvgIpc) is 2.59. The van der Waals surface area contributed by atoms with Crippen LogP contribution in [0.2, 0.25) is 0 Å². The molecule has 2 unspecified atom stereocenters. The highest BCUT2D eigenvalue weighted by Crippen LogP contribution is 2.25. The third kappa shape index (κ3) is 11.4. The number of hydrogen-bond acceptors (Lipinski definition) is 4. The Balaban J connectivity index is 3.94. The lowest BCUT2D eigenvalue weighted by Crippen LogP contribution is -2.30. The number of ether oxygens (including phenoxy) is 2. The Morgan fingerprint density at radius 3 is 1.42 bits per heavy atom. The predicted molar refractivity (Wildman–Crippen MR) is 100 cm³/mol. The van der Waals surface area contributed by atoms with Gasteiger partial charge in [0.25, 0.3) is 0 Å². The van der Waals surface area contributed by atoms with Crippen molar-refractivity contribution in [2.45, 2.75) is 103 Å². The molecule has 0 saturated carbocycles. The van der Waals surface area contributed by atoms with Gasteiger partial charge in [0.15, 0.2) is 0 Å². The Bertz CT molecular complexity index is 285. The van der Waals surface area contributed by atoms with Gasteiger partial charge >= 0.3 is 0 Å². The quantitative estimate of drug-likeness (QED) is 0.382. The van der Waals surface area contributed by atoms with Gasteiger partial charge in [-0.3, -0.25) is 0 Å². The molecular formula is C20H42O4. The van der Waals surface area contributed by atoms with Crippen LogP contribution in [0.3, 0.4) is 0 Å². The van der Waals surface area contributed by atoms with Crippen LogP contribution in [-0.4, -0.2) is 47.8 Å². The van der Waals surface area contributed by atoms with Crippen LogP contribution >= 0.6 is 0 Å². The van der Waals surface area contributed by atoms with E-state index in [2.05, 4.69) is 27.7 Å². The number of hydrogen-bond donors (Lipinski definition) is 2. The lowest BCUT2D eigenvalue weighted by atomic mass is 9.95. The Kier molecular flexibility index (Phi) is 14.0. The van der Waals surface area contributed by atoms with E-state index >= 15 is 0 Å². The zero-order chi connectivity index (χ0) is 18.3. The van der Waals surface area contributed by atoms with Gasteiger partial charge in [-0.25, -0.2) is 0 Å². The maximum atomic E-state index is 8.91. The van der Waals surface area contributed by atoms with E-state index in [-0.39, 0.29) is 24.4 Å². The summed E-state index contributed by atoms with van der Waals surface area (Å²) >= 11 is 0. The molecule has 4 nitrogen and oxygen atoms in total. The van der Waals surface area contributed by atoms with Crippen molar-refractivity contribution >= 4 is 0 Å². The highest BCUT2D eigenvalue weighted by molar-refractivity contribution is 4.75. The van der Waals surface area contributed by atoms with Crippen molar-refractivity contribution in [3.05, 3.63) is 0 Å². The summed E-state index contributed by atoms with van der Waals surface area (Å²) in [6, 6.07) is 0. The molecular weight excluding hydrogens is 304 g/mol. The molecule has 24 heavy (non-hydrogen) atoms. The highest BCUT2D eigenvalue weighted by Gasteiger charge is 2.24. The molecule has 0 aliphatic carbocycles. The molecule has 0 aromatic rings. The van der Waals surface area contributed by atoms with Crippen LogP contribution in [0, 0.1) is 0 Å². The topological polar surface area (TPSA) is 58.9 Å². The maximum Gasteiger partial charge on any atom is 0.0652 e. The molecule has 0 saturated heterocycles. The first-order valence-electron chi connectivity index (χ1n) is 9.95. The molecule has 4 heteroatoms. The summed E-state index contributed by atoms with van der Waals surface area (Å²) in [5.74, 6) is 0. The minimum Gasteiger partial charge on any atom is -0.396 e. The Morgan fingerprint density at radius 2 is 1.00 bits per heavy atom. The standard InChI is InChI=1S/C20H42O4/c1-5-19(3,13-7-9-15-21)23-17-11-8-14-20(4,6-2)24-18-12-10-16-22/h21-22H,5-18H2,1-4H3. The van der Waals surface area contributed by atoms with Gasteiger partial charge in [-0.05, 0) is 78.1 Å². The van der Waals surface area contributed by atoms with Crippen molar-refractivity contribution in [2.24, 2.45) is 0 Å². The molecule has 0 bridgehead atoms. The summed E-state index contributed by atoms with van der Waals surface area (Å²) in [5, 5.41) is 17.7. The van der Waals surface area contributed by atoms with E-state index in [0.29, 0.717) is 0 Å². The van der Waals surface area contributed by atoms with Gasteiger partial charge < -0.3 is 19.7 Å². The van der Waals surface area contributed by atoms with Crippen molar-refractivity contribution < 1.29 is 19.7 Å². The smallest absolute Gasteiger partial charge is 0.0652 e. The SMILES string of the molecule is CCC(C)(CCCCO)OCCCCC(C)(CC)OCCCCO. The molecule has 2 N–H and O–H groups in total. The first kappa shape index (κ1) is 23.8. The summed E-state index contributed by atoms with van der Waals surface area (Å²) in [4.78, 5) is 0. The zero-order valence-corrected chi connectivity index (χ0v) is 16.6. The number of aliphatic hydroxyl groups excluding tert-OH is 2. The Hall–Kier alpha value is -0.160. The van der Waals surface area contributed by atoms with Crippen molar-refractivity contribution in [3.8, 4) is 0 Å². The van der Waals surface area contributed by atoms with Gasteiger partial charge in [0.1, 0.15) is 0 Å². The van der Waals surface area contributed by atoms with Crippen LogP contribution in [0.5, 0.6) is 0 Å². The van der Waals surface area contributed by atoms with E-state index in [0.717, 1.165) is 77.4 Å². The van der Waals surface area contributed by atoms with Crippen LogP contribution in [0.1, 0.15) is 91.9 Å². The molecule has 0 radical (unpaired) electrons. The summed E-state index contributed by atoms with van der Waals surface area (Å²) in [5.41, 5.74) is -0.103. The van der Waals surface area contributed by atoms with E-state index in [1.54, 1.807) is 0 Å². The predicted octanol–water partition coefficient (Wildman–Crippen LogP) is 4.46. The average molecular weight is 347 g/mol. The lowest BCUT2D eigenvalue weighted by molar-refractivity contribution is -0.0557. The van der Waals surface area contributed by atoms with Crippen LogP contribution in [0.4, 0.5) is 0 Å². The Labute approximate surface area is 149 Å². The summed E-state index contributed by atoms with van der Waals surface area (Å²) in [7, 11) is 0. The van der Waals surface area contributed by atoms with E-state index in [1.165, 1.54) is 0 Å². The number of unbranched alkanes of at least 4 members (excludes halogenated alkanes) is 3. The molecule has 146 valence electrons. The zero-order valence-electron chi connectivity index (χ0n) is 16.6. The van der Waals surface area contributed by atoms with Crippen LogP contribution < -0.4 is 0 Å². The molecule has 0 amide bonds. The number of aliphatic hydroxyl groups is 2. The fraction of sp³-hybridized carbons (Fsp3) is 1.00. The minimum atomic E-state index is -0.0516. The first-order chi connectivity index (χ1) is 11.4. The van der Waals surface area contributed by atoms with E-state index in [9.17, 15) is 0 Å². The third-order valence-electron chi connectivity index (χ3n) is 5.16. The summed E-state index contributed by atoms with van der Waals surface area (Å²) in [6.45, 7) is 10.8. The van der Waals surface area contributed by atoms with Crippen molar-refractivity contribution in [1.82, 2.24) is 0 Å². The maximum absolute atomic E-state index is 8.91. The molecule has 0 aliphatic rings. The molecule has 0 aromatic carbocycles. The van der Waals surface area contributed by atoms with Crippen LogP contribution in [0.25, 0.3) is 0 Å².